The third kappa shape index (κ3) is 3.17. The summed E-state index contributed by atoms with van der Waals surface area (Å²) in [7, 11) is -0.167. The summed E-state index contributed by atoms with van der Waals surface area (Å²) in [6.07, 6.45) is 1.44. The molecule has 1 aromatic heterocycles. The van der Waals surface area contributed by atoms with Crippen molar-refractivity contribution in [1.29, 1.82) is 0 Å². The van der Waals surface area contributed by atoms with Crippen LogP contribution in [0.2, 0.25) is 0 Å². The maximum atomic E-state index is 12.4. The molecule has 0 radical (unpaired) electrons. The summed E-state index contributed by atoms with van der Waals surface area (Å²) in [6.45, 7) is 1.72. The summed E-state index contributed by atoms with van der Waals surface area (Å²) in [6, 6.07) is 3.18. The predicted molar refractivity (Wildman–Crippen MR) is 70.3 cm³/mol. The lowest BCUT2D eigenvalue weighted by Gasteiger charge is -2.29. The van der Waals surface area contributed by atoms with E-state index in [1.165, 1.54) is 10.4 Å². The first-order valence-corrected chi connectivity index (χ1v) is 7.79. The van der Waals surface area contributed by atoms with Gasteiger partial charge in [-0.05, 0) is 32.0 Å². The highest BCUT2D eigenvalue weighted by Crippen LogP contribution is 2.23. The molecule has 2 heterocycles. The minimum absolute atomic E-state index is 0.00624. The molecule has 0 unspecified atom stereocenters. The van der Waals surface area contributed by atoms with E-state index in [2.05, 4.69) is 5.32 Å². The van der Waals surface area contributed by atoms with Crippen LogP contribution in [-0.2, 0) is 21.3 Å². The molecular weight excluding hydrogens is 268 g/mol. The van der Waals surface area contributed by atoms with E-state index < -0.39 is 10.0 Å². The van der Waals surface area contributed by atoms with Crippen molar-refractivity contribution in [2.24, 2.45) is 0 Å². The van der Waals surface area contributed by atoms with Crippen molar-refractivity contribution in [1.82, 2.24) is 9.62 Å². The van der Waals surface area contributed by atoms with Crippen LogP contribution in [0.15, 0.2) is 21.6 Å². The molecule has 6 nitrogen and oxygen atoms in total. The topological polar surface area (TPSA) is 71.8 Å². The van der Waals surface area contributed by atoms with Crippen LogP contribution in [0.5, 0.6) is 0 Å². The van der Waals surface area contributed by atoms with Gasteiger partial charge in [-0.1, -0.05) is 0 Å². The molecule has 0 aliphatic carbocycles. The van der Waals surface area contributed by atoms with Gasteiger partial charge in [0.2, 0.25) is 5.09 Å². The Morgan fingerprint density at radius 2 is 2.05 bits per heavy atom. The number of nitrogens with zero attached hydrogens (tertiary/aromatic N) is 1. The van der Waals surface area contributed by atoms with Crippen LogP contribution in [0.4, 0.5) is 0 Å². The highest BCUT2D eigenvalue weighted by molar-refractivity contribution is 7.89. The summed E-state index contributed by atoms with van der Waals surface area (Å²) in [5, 5.41) is 2.93. The Morgan fingerprint density at radius 3 is 2.68 bits per heavy atom. The minimum Gasteiger partial charge on any atom is -0.447 e. The molecule has 0 atom stereocenters. The van der Waals surface area contributed by atoms with Crippen LogP contribution in [0, 0.1) is 0 Å². The van der Waals surface area contributed by atoms with Gasteiger partial charge in [-0.25, -0.2) is 8.42 Å². The molecule has 19 heavy (non-hydrogen) atoms. The first-order chi connectivity index (χ1) is 9.05. The Morgan fingerprint density at radius 1 is 1.37 bits per heavy atom. The molecular formula is C12H20N2O4S. The Balaban J connectivity index is 2.15. The molecule has 1 aromatic rings. The molecule has 0 bridgehead atoms. The van der Waals surface area contributed by atoms with E-state index >= 15 is 0 Å². The fraction of sp³-hybridized carbons (Fsp3) is 0.667. The molecule has 1 fully saturated rings. The molecule has 1 N–H and O–H groups in total. The van der Waals surface area contributed by atoms with E-state index in [1.807, 2.05) is 0 Å². The second-order valence-electron chi connectivity index (χ2n) is 4.62. The van der Waals surface area contributed by atoms with Gasteiger partial charge in [-0.15, -0.1) is 0 Å². The second kappa shape index (κ2) is 6.04. The van der Waals surface area contributed by atoms with Gasteiger partial charge in [0.1, 0.15) is 5.76 Å². The van der Waals surface area contributed by atoms with Gasteiger partial charge in [0.05, 0.1) is 6.54 Å². The quantitative estimate of drug-likeness (QED) is 0.867. The van der Waals surface area contributed by atoms with E-state index in [0.29, 0.717) is 25.5 Å². The van der Waals surface area contributed by atoms with Gasteiger partial charge in [-0.3, -0.25) is 0 Å². The number of ether oxygens (including phenoxy) is 1. The Kier molecular flexibility index (Phi) is 4.62. The number of hydrogen-bond donors (Lipinski definition) is 1. The molecule has 0 saturated carbocycles. The van der Waals surface area contributed by atoms with Gasteiger partial charge >= 0.3 is 0 Å². The first kappa shape index (κ1) is 14.5. The van der Waals surface area contributed by atoms with Crippen molar-refractivity contribution < 1.29 is 17.6 Å². The molecule has 0 spiro atoms. The Hall–Kier alpha value is -0.890. The average molecular weight is 288 g/mol. The summed E-state index contributed by atoms with van der Waals surface area (Å²) in [5.74, 6) is 0.612. The van der Waals surface area contributed by atoms with Crippen LogP contribution in [0.3, 0.4) is 0 Å². The van der Waals surface area contributed by atoms with Crippen molar-refractivity contribution in [2.45, 2.75) is 30.5 Å². The standard InChI is InChI=1S/C12H20N2O4S/c1-13-9-11-3-4-12(18-11)19(15,16)14(2)10-5-7-17-8-6-10/h3-4,10,13H,5-9H2,1-2H3. The number of rotatable bonds is 5. The maximum absolute atomic E-state index is 12.4. The Labute approximate surface area is 113 Å². The summed E-state index contributed by atoms with van der Waals surface area (Å²) >= 11 is 0. The molecule has 2 rings (SSSR count). The summed E-state index contributed by atoms with van der Waals surface area (Å²) in [5.41, 5.74) is 0. The van der Waals surface area contributed by atoms with Gasteiger partial charge in [0, 0.05) is 26.3 Å². The highest BCUT2D eigenvalue weighted by Gasteiger charge is 2.31. The van der Waals surface area contributed by atoms with Crippen molar-refractivity contribution in [3.05, 3.63) is 17.9 Å². The number of hydrogen-bond acceptors (Lipinski definition) is 5. The smallest absolute Gasteiger partial charge is 0.276 e. The largest absolute Gasteiger partial charge is 0.447 e. The van der Waals surface area contributed by atoms with Crippen LogP contribution in [0.1, 0.15) is 18.6 Å². The van der Waals surface area contributed by atoms with Crippen LogP contribution in [0.25, 0.3) is 0 Å². The fourth-order valence-electron chi connectivity index (χ4n) is 2.15. The van der Waals surface area contributed by atoms with E-state index in [9.17, 15) is 8.42 Å². The fourth-order valence-corrected chi connectivity index (χ4v) is 3.49. The van der Waals surface area contributed by atoms with Gasteiger partial charge in [0.25, 0.3) is 10.0 Å². The van der Waals surface area contributed by atoms with Crippen LogP contribution >= 0.6 is 0 Å². The van der Waals surface area contributed by atoms with Gasteiger partial charge < -0.3 is 14.5 Å². The number of furan rings is 1. The molecule has 7 heteroatoms. The van der Waals surface area contributed by atoms with Crippen molar-refractivity contribution >= 4 is 10.0 Å². The van der Waals surface area contributed by atoms with E-state index in [4.69, 9.17) is 9.15 Å². The normalized spacial score (nSPS) is 18.1. The van der Waals surface area contributed by atoms with Crippen molar-refractivity contribution in [2.75, 3.05) is 27.3 Å². The zero-order chi connectivity index (χ0) is 13.9. The van der Waals surface area contributed by atoms with Gasteiger partial charge in [-0.2, -0.15) is 4.31 Å². The van der Waals surface area contributed by atoms with Gasteiger partial charge in [0.15, 0.2) is 0 Å². The van der Waals surface area contributed by atoms with E-state index in [1.54, 1.807) is 20.2 Å². The lowest BCUT2D eigenvalue weighted by Crippen LogP contribution is -2.40. The van der Waals surface area contributed by atoms with Crippen molar-refractivity contribution in [3.63, 3.8) is 0 Å². The van der Waals surface area contributed by atoms with Crippen LogP contribution in [-0.4, -0.2) is 46.1 Å². The highest BCUT2D eigenvalue weighted by atomic mass is 32.2. The number of sulfonamides is 1. The number of nitrogens with one attached hydrogen (secondary N) is 1. The zero-order valence-corrected chi connectivity index (χ0v) is 12.1. The van der Waals surface area contributed by atoms with E-state index in [-0.39, 0.29) is 11.1 Å². The SMILES string of the molecule is CNCc1ccc(S(=O)(=O)N(C)C2CCOCC2)o1. The lowest BCUT2D eigenvalue weighted by atomic mass is 10.1. The maximum Gasteiger partial charge on any atom is 0.276 e. The Bertz CT molecular complexity index is 506. The summed E-state index contributed by atoms with van der Waals surface area (Å²) < 4.78 is 36.9. The third-order valence-corrected chi connectivity index (χ3v) is 5.11. The zero-order valence-electron chi connectivity index (χ0n) is 11.3. The molecule has 1 saturated heterocycles. The summed E-state index contributed by atoms with van der Waals surface area (Å²) in [4.78, 5) is 0. The van der Waals surface area contributed by atoms with E-state index in [0.717, 1.165) is 12.8 Å². The lowest BCUT2D eigenvalue weighted by molar-refractivity contribution is 0.0628. The molecule has 1 aliphatic heterocycles. The second-order valence-corrected chi connectivity index (χ2v) is 6.54. The molecule has 0 amide bonds. The molecule has 108 valence electrons. The monoisotopic (exact) mass is 288 g/mol. The third-order valence-electron chi connectivity index (χ3n) is 3.33. The molecule has 0 aromatic carbocycles. The van der Waals surface area contributed by atoms with Crippen LogP contribution < -0.4 is 5.32 Å². The predicted octanol–water partition coefficient (Wildman–Crippen LogP) is 0.798. The first-order valence-electron chi connectivity index (χ1n) is 6.35. The minimum atomic E-state index is -3.55. The average Bonchev–Trinajstić information content (AvgIpc) is 2.89. The molecule has 1 aliphatic rings. The van der Waals surface area contributed by atoms with Crippen molar-refractivity contribution in [3.8, 4) is 0 Å².